The van der Waals surface area contributed by atoms with Crippen molar-refractivity contribution in [1.82, 2.24) is 0 Å². The first-order valence-electron chi connectivity index (χ1n) is 8.69. The largest absolute Gasteiger partial charge is 0.495 e. The van der Waals surface area contributed by atoms with Crippen LogP contribution in [0.2, 0.25) is 0 Å². The van der Waals surface area contributed by atoms with E-state index in [-0.39, 0.29) is 17.9 Å². The Hall–Kier alpha value is -3.03. The number of benzene rings is 1. The van der Waals surface area contributed by atoms with Crippen LogP contribution >= 0.6 is 0 Å². The molecule has 0 aliphatic carbocycles. The Balaban J connectivity index is 3.25. The number of anilines is 1. The highest BCUT2D eigenvalue weighted by molar-refractivity contribution is 5.90. The van der Waals surface area contributed by atoms with Crippen molar-refractivity contribution in [3.05, 3.63) is 35.9 Å². The molecule has 1 amide bonds. The zero-order chi connectivity index (χ0) is 21.5. The van der Waals surface area contributed by atoms with Gasteiger partial charge >= 0.3 is 18.0 Å². The highest BCUT2D eigenvalue weighted by atomic mass is 16.6. The van der Waals surface area contributed by atoms with E-state index < -0.39 is 29.7 Å². The fourth-order valence-electron chi connectivity index (χ4n) is 2.24. The highest BCUT2D eigenvalue weighted by Crippen LogP contribution is 2.33. The maximum Gasteiger partial charge on any atom is 0.412 e. The molecule has 1 atom stereocenters. The van der Waals surface area contributed by atoms with Crippen LogP contribution in [0.4, 0.5) is 10.5 Å². The molecule has 0 aliphatic rings. The highest BCUT2D eigenvalue weighted by Gasteiger charge is 2.26. The van der Waals surface area contributed by atoms with Crippen LogP contribution in [0.5, 0.6) is 5.75 Å². The molecule has 28 heavy (non-hydrogen) atoms. The Morgan fingerprint density at radius 2 is 1.86 bits per heavy atom. The van der Waals surface area contributed by atoms with E-state index in [0.29, 0.717) is 11.3 Å². The molecule has 0 aliphatic heterocycles. The minimum atomic E-state index is -1.08. The number of hydrogen-bond donors (Lipinski definition) is 1. The van der Waals surface area contributed by atoms with E-state index >= 15 is 0 Å². The average molecular weight is 393 g/mol. The molecule has 0 spiro atoms. The lowest BCUT2D eigenvalue weighted by atomic mass is 10.0. The molecule has 0 bridgehead atoms. The van der Waals surface area contributed by atoms with Gasteiger partial charge in [-0.1, -0.05) is 12.6 Å². The molecule has 1 aromatic carbocycles. The third-order valence-electron chi connectivity index (χ3n) is 3.30. The molecule has 0 heterocycles. The molecule has 0 radical (unpaired) electrons. The van der Waals surface area contributed by atoms with Crippen molar-refractivity contribution < 1.29 is 33.3 Å². The van der Waals surface area contributed by atoms with Crippen molar-refractivity contribution in [2.45, 2.75) is 46.3 Å². The molecule has 1 aromatic rings. The van der Waals surface area contributed by atoms with Gasteiger partial charge in [0, 0.05) is 6.92 Å². The maximum atomic E-state index is 12.1. The molecule has 8 nitrogen and oxygen atoms in total. The molecule has 0 saturated carbocycles. The Morgan fingerprint density at radius 3 is 2.36 bits per heavy atom. The van der Waals surface area contributed by atoms with Crippen molar-refractivity contribution in [1.29, 1.82) is 0 Å². The Bertz CT molecular complexity index is 749. The first-order valence-corrected chi connectivity index (χ1v) is 8.69. The third kappa shape index (κ3) is 6.94. The summed E-state index contributed by atoms with van der Waals surface area (Å²) < 4.78 is 20.7. The van der Waals surface area contributed by atoms with Crippen LogP contribution in [-0.2, 0) is 23.8 Å². The number of amides is 1. The summed E-state index contributed by atoms with van der Waals surface area (Å²) in [7, 11) is 1.44. The second kappa shape index (κ2) is 9.77. The minimum absolute atomic E-state index is 0.0505. The van der Waals surface area contributed by atoms with Gasteiger partial charge in [-0.2, -0.15) is 0 Å². The lowest BCUT2D eigenvalue weighted by molar-refractivity contribution is -0.147. The second-order valence-electron chi connectivity index (χ2n) is 6.82. The zero-order valence-electron chi connectivity index (χ0n) is 17.1. The molecule has 154 valence electrons. The van der Waals surface area contributed by atoms with Gasteiger partial charge in [0.15, 0.2) is 6.10 Å². The van der Waals surface area contributed by atoms with Crippen LogP contribution in [0, 0.1) is 0 Å². The van der Waals surface area contributed by atoms with Crippen molar-refractivity contribution in [2.75, 3.05) is 19.0 Å². The Labute approximate surface area is 164 Å². The van der Waals surface area contributed by atoms with E-state index in [9.17, 15) is 14.4 Å². The first kappa shape index (κ1) is 23.0. The lowest BCUT2D eigenvalue weighted by Crippen LogP contribution is -2.27. The van der Waals surface area contributed by atoms with Crippen molar-refractivity contribution >= 4 is 23.7 Å². The number of hydrogen-bond acceptors (Lipinski definition) is 7. The monoisotopic (exact) mass is 393 g/mol. The predicted octanol–water partition coefficient (Wildman–Crippen LogP) is 3.77. The standard InChI is InChI=1S/C20H27NO7/c1-8-26-18(23)12(2)17(27-13(3)22)14-9-10-16(25-7)15(11-14)21-19(24)28-20(4,5)6/h9-11,17H,2,8H2,1,3-7H3,(H,21,24). The van der Waals surface area contributed by atoms with Crippen molar-refractivity contribution in [3.63, 3.8) is 0 Å². The average Bonchev–Trinajstić information content (AvgIpc) is 2.57. The van der Waals surface area contributed by atoms with E-state index in [2.05, 4.69) is 11.9 Å². The van der Waals surface area contributed by atoms with Crippen LogP contribution in [0.1, 0.15) is 46.3 Å². The summed E-state index contributed by atoms with van der Waals surface area (Å²) >= 11 is 0. The zero-order valence-corrected chi connectivity index (χ0v) is 17.1. The van der Waals surface area contributed by atoms with E-state index in [1.165, 1.54) is 20.1 Å². The van der Waals surface area contributed by atoms with Crippen LogP contribution in [0.25, 0.3) is 0 Å². The van der Waals surface area contributed by atoms with Gasteiger partial charge in [0.1, 0.15) is 11.4 Å². The van der Waals surface area contributed by atoms with Crippen LogP contribution in [-0.4, -0.2) is 37.3 Å². The van der Waals surface area contributed by atoms with Crippen molar-refractivity contribution in [2.24, 2.45) is 0 Å². The van der Waals surface area contributed by atoms with Crippen LogP contribution in [0.3, 0.4) is 0 Å². The van der Waals surface area contributed by atoms with Gasteiger partial charge in [0.2, 0.25) is 0 Å². The van der Waals surface area contributed by atoms with Crippen LogP contribution in [0.15, 0.2) is 30.4 Å². The Morgan fingerprint density at radius 1 is 1.21 bits per heavy atom. The molecule has 0 aromatic heterocycles. The van der Waals surface area contributed by atoms with E-state index in [4.69, 9.17) is 18.9 Å². The summed E-state index contributed by atoms with van der Waals surface area (Å²) in [5, 5.41) is 2.59. The molecular weight excluding hydrogens is 366 g/mol. The van der Waals surface area contributed by atoms with Gasteiger partial charge in [-0.15, -0.1) is 0 Å². The molecule has 0 fully saturated rings. The minimum Gasteiger partial charge on any atom is -0.495 e. The quantitative estimate of drug-likeness (QED) is 0.427. The summed E-state index contributed by atoms with van der Waals surface area (Å²) in [6, 6.07) is 4.68. The normalized spacial score (nSPS) is 11.8. The topological polar surface area (TPSA) is 100 Å². The molecule has 1 unspecified atom stereocenters. The number of carbonyl (C=O) groups is 3. The fraction of sp³-hybridized carbons (Fsp3) is 0.450. The number of nitrogens with one attached hydrogen (secondary N) is 1. The predicted molar refractivity (Wildman–Crippen MR) is 103 cm³/mol. The summed E-state index contributed by atoms with van der Waals surface area (Å²) in [6.45, 7) is 11.9. The molecule has 8 heteroatoms. The first-order chi connectivity index (χ1) is 13.0. The number of rotatable bonds is 7. The maximum absolute atomic E-state index is 12.1. The second-order valence-corrected chi connectivity index (χ2v) is 6.82. The van der Waals surface area contributed by atoms with Gasteiger partial charge < -0.3 is 18.9 Å². The van der Waals surface area contributed by atoms with Crippen LogP contribution < -0.4 is 10.1 Å². The number of ether oxygens (including phenoxy) is 4. The fourth-order valence-corrected chi connectivity index (χ4v) is 2.24. The van der Waals surface area contributed by atoms with Gasteiger partial charge in [-0.25, -0.2) is 9.59 Å². The van der Waals surface area contributed by atoms with Gasteiger partial charge in [0.05, 0.1) is 25.0 Å². The summed E-state index contributed by atoms with van der Waals surface area (Å²) in [5.41, 5.74) is -0.0541. The molecule has 1 rings (SSSR count). The van der Waals surface area contributed by atoms with Gasteiger partial charge in [-0.3, -0.25) is 10.1 Å². The SMILES string of the molecule is C=C(C(=O)OCC)C(OC(C)=O)c1ccc(OC)c(NC(=O)OC(C)(C)C)c1. The summed E-state index contributed by atoms with van der Waals surface area (Å²) in [6.07, 6.45) is -1.77. The number of methoxy groups -OCH3 is 1. The van der Waals surface area contributed by atoms with Crippen molar-refractivity contribution in [3.8, 4) is 5.75 Å². The third-order valence-corrected chi connectivity index (χ3v) is 3.30. The van der Waals surface area contributed by atoms with E-state index in [1.54, 1.807) is 39.8 Å². The summed E-state index contributed by atoms with van der Waals surface area (Å²) in [4.78, 5) is 35.7. The molecule has 0 saturated heterocycles. The lowest BCUT2D eigenvalue weighted by Gasteiger charge is -2.22. The number of carbonyl (C=O) groups excluding carboxylic acids is 3. The van der Waals surface area contributed by atoms with E-state index in [0.717, 1.165) is 0 Å². The number of esters is 2. The smallest absolute Gasteiger partial charge is 0.412 e. The van der Waals surface area contributed by atoms with E-state index in [1.807, 2.05) is 0 Å². The van der Waals surface area contributed by atoms with Gasteiger partial charge in [0.25, 0.3) is 0 Å². The molecule has 1 N–H and O–H groups in total. The Kier molecular flexibility index (Phi) is 8.03. The van der Waals surface area contributed by atoms with Gasteiger partial charge in [-0.05, 0) is 45.4 Å². The summed E-state index contributed by atoms with van der Waals surface area (Å²) in [5.74, 6) is -0.933. The molecular formula is C20H27NO7.